The molecule has 0 aliphatic heterocycles. The number of pyridine rings is 3. The molecule has 176 valence electrons. The van der Waals surface area contributed by atoms with Crippen molar-refractivity contribution in [2.24, 2.45) is 0 Å². The van der Waals surface area contributed by atoms with Gasteiger partial charge in [0.1, 0.15) is 5.82 Å². The highest BCUT2D eigenvalue weighted by Crippen LogP contribution is 2.34. The van der Waals surface area contributed by atoms with Crippen LogP contribution in [0.1, 0.15) is 5.56 Å². The number of benzene rings is 3. The van der Waals surface area contributed by atoms with Crippen LogP contribution in [0.2, 0.25) is 0 Å². The molecule has 3 aromatic heterocycles. The van der Waals surface area contributed by atoms with Gasteiger partial charge in [-0.1, -0.05) is 24.3 Å². The molecule has 3 heterocycles. The van der Waals surface area contributed by atoms with E-state index in [0.29, 0.717) is 27.9 Å². The summed E-state index contributed by atoms with van der Waals surface area (Å²) in [7, 11) is 0. The first kappa shape index (κ1) is 21.9. The van der Waals surface area contributed by atoms with Crippen molar-refractivity contribution < 1.29 is 17.6 Å². The van der Waals surface area contributed by atoms with Crippen molar-refractivity contribution in [3.63, 3.8) is 0 Å². The van der Waals surface area contributed by atoms with E-state index in [0.717, 1.165) is 38.7 Å². The molecule has 6 rings (SSSR count). The van der Waals surface area contributed by atoms with Crippen molar-refractivity contribution in [3.8, 4) is 16.8 Å². The summed E-state index contributed by atoms with van der Waals surface area (Å²) in [6.45, 7) is 0. The van der Waals surface area contributed by atoms with E-state index in [1.54, 1.807) is 24.5 Å². The van der Waals surface area contributed by atoms with Crippen LogP contribution in [0.3, 0.4) is 0 Å². The molecule has 0 N–H and O–H groups in total. The molecule has 0 saturated carbocycles. The monoisotopic (exact) mass is 485 g/mol. The molecule has 0 aliphatic rings. The third-order valence-electron chi connectivity index (χ3n) is 6.15. The maximum absolute atomic E-state index is 14.0. The van der Waals surface area contributed by atoms with Crippen LogP contribution in [0, 0.1) is 5.82 Å². The summed E-state index contributed by atoms with van der Waals surface area (Å²) >= 11 is 0. The van der Waals surface area contributed by atoms with E-state index in [4.69, 9.17) is 0 Å². The quantitative estimate of drug-likeness (QED) is 0.198. The Morgan fingerprint density at radius 3 is 2.36 bits per heavy atom. The summed E-state index contributed by atoms with van der Waals surface area (Å²) in [6, 6.07) is 20.5. The first-order valence-electron chi connectivity index (χ1n) is 11.0. The molecule has 36 heavy (non-hydrogen) atoms. The lowest BCUT2D eigenvalue weighted by molar-refractivity contribution is -0.140. The second-order valence-electron chi connectivity index (χ2n) is 8.38. The molecule has 4 nitrogen and oxygen atoms in total. The lowest BCUT2D eigenvalue weighted by atomic mass is 10.0. The van der Waals surface area contributed by atoms with Crippen LogP contribution in [0.5, 0.6) is 0 Å². The van der Waals surface area contributed by atoms with Gasteiger partial charge < -0.3 is 0 Å². The predicted octanol–water partition coefficient (Wildman–Crippen LogP) is 6.91. The Morgan fingerprint density at radius 1 is 0.722 bits per heavy atom. The molecule has 0 amide bonds. The van der Waals surface area contributed by atoms with Crippen molar-refractivity contribution in [1.82, 2.24) is 14.5 Å². The lowest BCUT2D eigenvalue weighted by Crippen LogP contribution is -2.19. The van der Waals surface area contributed by atoms with Crippen LogP contribution in [0.4, 0.5) is 17.6 Å². The fourth-order valence-electron chi connectivity index (χ4n) is 4.45. The van der Waals surface area contributed by atoms with E-state index in [9.17, 15) is 22.4 Å². The molecule has 0 aliphatic carbocycles. The van der Waals surface area contributed by atoms with Gasteiger partial charge in [-0.3, -0.25) is 19.3 Å². The third kappa shape index (κ3) is 3.58. The number of aromatic nitrogens is 3. The Bertz CT molecular complexity index is 1880. The Kier molecular flexibility index (Phi) is 4.86. The van der Waals surface area contributed by atoms with Gasteiger partial charge in [0.15, 0.2) is 0 Å². The molecule has 8 heteroatoms. The average Bonchev–Trinajstić information content (AvgIpc) is 2.88. The fraction of sp³-hybridized carbons (Fsp3) is 0.0357. The van der Waals surface area contributed by atoms with Crippen molar-refractivity contribution in [2.75, 3.05) is 0 Å². The minimum atomic E-state index is -4.91. The summed E-state index contributed by atoms with van der Waals surface area (Å²) < 4.78 is 55.4. The molecule has 0 radical (unpaired) electrons. The van der Waals surface area contributed by atoms with E-state index in [-0.39, 0.29) is 5.69 Å². The van der Waals surface area contributed by atoms with E-state index in [1.807, 2.05) is 42.5 Å². The van der Waals surface area contributed by atoms with Crippen molar-refractivity contribution in [2.45, 2.75) is 6.18 Å². The number of alkyl halides is 3. The van der Waals surface area contributed by atoms with Gasteiger partial charge >= 0.3 is 6.18 Å². The first-order chi connectivity index (χ1) is 17.3. The summed E-state index contributed by atoms with van der Waals surface area (Å²) in [5.41, 5.74) is 1.33. The maximum Gasteiger partial charge on any atom is 0.419 e. The van der Waals surface area contributed by atoms with Gasteiger partial charge in [0.25, 0.3) is 5.56 Å². The second-order valence-corrected chi connectivity index (χ2v) is 8.38. The zero-order chi connectivity index (χ0) is 25.0. The highest BCUT2D eigenvalue weighted by atomic mass is 19.4. The minimum absolute atomic E-state index is 0.0930. The largest absolute Gasteiger partial charge is 0.419 e. The number of hydrogen-bond acceptors (Lipinski definition) is 3. The molecule has 0 saturated heterocycles. The van der Waals surface area contributed by atoms with Gasteiger partial charge in [-0.15, -0.1) is 0 Å². The summed E-state index contributed by atoms with van der Waals surface area (Å²) in [5, 5.41) is 2.07. The predicted molar refractivity (Wildman–Crippen MR) is 131 cm³/mol. The molecular weight excluding hydrogens is 470 g/mol. The number of rotatable bonds is 2. The Morgan fingerprint density at radius 2 is 1.53 bits per heavy atom. The number of hydrogen-bond donors (Lipinski definition) is 0. The smallest absolute Gasteiger partial charge is 0.276 e. The van der Waals surface area contributed by atoms with Crippen molar-refractivity contribution in [3.05, 3.63) is 113 Å². The van der Waals surface area contributed by atoms with Crippen LogP contribution in [-0.2, 0) is 6.18 Å². The van der Waals surface area contributed by atoms with Gasteiger partial charge in [-0.05, 0) is 54.1 Å². The highest BCUT2D eigenvalue weighted by molar-refractivity contribution is 6.05. The van der Waals surface area contributed by atoms with Gasteiger partial charge in [0, 0.05) is 40.2 Å². The fourth-order valence-corrected chi connectivity index (χ4v) is 4.45. The van der Waals surface area contributed by atoms with Crippen molar-refractivity contribution >= 4 is 32.7 Å². The number of halogens is 4. The standard InChI is InChI=1S/C28H15F4N3O/c29-23-8-7-20(13-22(23)28(30,31)32)35-26(36)10-6-18-14-34-25-9-5-16(12-21(25)27(18)35)19-11-17-3-1-2-4-24(17)33-15-19/h1-15H. The molecule has 0 bridgehead atoms. The van der Waals surface area contributed by atoms with Gasteiger partial charge in [0.2, 0.25) is 0 Å². The average molecular weight is 485 g/mol. The van der Waals surface area contributed by atoms with Crippen LogP contribution < -0.4 is 5.56 Å². The van der Waals surface area contributed by atoms with E-state index >= 15 is 0 Å². The molecule has 3 aromatic carbocycles. The van der Waals surface area contributed by atoms with Crippen LogP contribution in [0.15, 0.2) is 96.1 Å². The number of para-hydroxylation sites is 1. The molecule has 0 spiro atoms. The Balaban J connectivity index is 1.64. The lowest BCUT2D eigenvalue weighted by Gasteiger charge is -2.15. The molecular formula is C28H15F4N3O. The number of fused-ring (bicyclic) bond motifs is 4. The maximum atomic E-state index is 14.0. The molecule has 0 fully saturated rings. The SMILES string of the molecule is O=c1ccc2cnc3ccc(-c4cnc5ccccc5c4)cc3c2n1-c1ccc(F)c(C(F)(F)F)c1. The van der Waals surface area contributed by atoms with E-state index in [1.165, 1.54) is 6.07 Å². The summed E-state index contributed by atoms with van der Waals surface area (Å²) in [5.74, 6) is -1.41. The van der Waals surface area contributed by atoms with E-state index < -0.39 is 23.1 Å². The topological polar surface area (TPSA) is 47.8 Å². The zero-order valence-electron chi connectivity index (χ0n) is 18.4. The molecule has 0 unspecified atom stereocenters. The van der Waals surface area contributed by atoms with Crippen LogP contribution in [0.25, 0.3) is 49.5 Å². The van der Waals surface area contributed by atoms with Gasteiger partial charge in [-0.2, -0.15) is 13.2 Å². The molecule has 0 atom stereocenters. The Labute approximate surface area is 201 Å². The third-order valence-corrected chi connectivity index (χ3v) is 6.15. The minimum Gasteiger partial charge on any atom is -0.276 e. The van der Waals surface area contributed by atoms with Crippen LogP contribution in [-0.4, -0.2) is 14.5 Å². The zero-order valence-corrected chi connectivity index (χ0v) is 18.4. The van der Waals surface area contributed by atoms with Gasteiger partial charge in [0.05, 0.1) is 27.8 Å². The first-order valence-corrected chi connectivity index (χ1v) is 11.0. The Hall–Kier alpha value is -4.59. The highest BCUT2D eigenvalue weighted by Gasteiger charge is 2.34. The van der Waals surface area contributed by atoms with E-state index in [2.05, 4.69) is 9.97 Å². The van der Waals surface area contributed by atoms with Gasteiger partial charge in [-0.25, -0.2) is 4.39 Å². The normalized spacial score (nSPS) is 12.0. The number of nitrogens with zero attached hydrogens (tertiary/aromatic N) is 3. The summed E-state index contributed by atoms with van der Waals surface area (Å²) in [4.78, 5) is 21.9. The van der Waals surface area contributed by atoms with Crippen molar-refractivity contribution in [1.29, 1.82) is 0 Å². The molecule has 6 aromatic rings. The second kappa shape index (κ2) is 7.98. The van der Waals surface area contributed by atoms with Crippen LogP contribution >= 0.6 is 0 Å². The summed E-state index contributed by atoms with van der Waals surface area (Å²) in [6.07, 6.45) is -1.61.